The maximum absolute atomic E-state index is 6.57. The molecule has 0 spiro atoms. The van der Waals surface area contributed by atoms with E-state index in [1.807, 2.05) is 41.7 Å². The molecular weight excluding hydrogens is 893 g/mol. The molecule has 0 N–H and O–H groups in total. The number of rotatable bonds is 6. The van der Waals surface area contributed by atoms with Crippen molar-refractivity contribution in [1.29, 1.82) is 0 Å². The maximum Gasteiger partial charge on any atom is 0.164 e. The Morgan fingerprint density at radius 3 is 1.70 bits per heavy atom. The number of thiophene rings is 2. The summed E-state index contributed by atoms with van der Waals surface area (Å²) in [5, 5.41) is 9.52. The third-order valence-corrected chi connectivity index (χ3v) is 16.1. The summed E-state index contributed by atoms with van der Waals surface area (Å²) in [5.74, 6) is 1.85. The van der Waals surface area contributed by atoms with Crippen LogP contribution in [0.2, 0.25) is 0 Å². The van der Waals surface area contributed by atoms with Crippen LogP contribution in [0.25, 0.3) is 146 Å². The molecule has 0 aliphatic rings. The first-order valence-corrected chi connectivity index (χ1v) is 25.0. The van der Waals surface area contributed by atoms with Gasteiger partial charge in [-0.15, -0.1) is 22.7 Å². The number of fused-ring (bicyclic) bond motifs is 12. The summed E-state index contributed by atoms with van der Waals surface area (Å²) >= 11 is 3.64. The van der Waals surface area contributed by atoms with Crippen molar-refractivity contribution in [2.45, 2.75) is 0 Å². The first-order valence-electron chi connectivity index (χ1n) is 23.4. The van der Waals surface area contributed by atoms with Crippen molar-refractivity contribution >= 4 is 107 Å². The van der Waals surface area contributed by atoms with Crippen molar-refractivity contribution in [2.75, 3.05) is 0 Å². The van der Waals surface area contributed by atoms with Gasteiger partial charge >= 0.3 is 0 Å². The average Bonchev–Trinajstić information content (AvgIpc) is 4.19. The van der Waals surface area contributed by atoms with Gasteiger partial charge in [0.05, 0.1) is 11.0 Å². The van der Waals surface area contributed by atoms with Crippen molar-refractivity contribution in [3.05, 3.63) is 218 Å². The summed E-state index contributed by atoms with van der Waals surface area (Å²) < 4.78 is 13.9. The Kier molecular flexibility index (Phi) is 8.63. The van der Waals surface area contributed by atoms with Gasteiger partial charge in [0.2, 0.25) is 0 Å². The van der Waals surface area contributed by atoms with Crippen LogP contribution in [0.1, 0.15) is 0 Å². The van der Waals surface area contributed by atoms with Crippen molar-refractivity contribution in [2.24, 2.45) is 0 Å². The van der Waals surface area contributed by atoms with Crippen LogP contribution in [0.4, 0.5) is 0 Å². The lowest BCUT2D eigenvalue weighted by Gasteiger charge is -2.09. The van der Waals surface area contributed by atoms with E-state index >= 15 is 0 Å². The lowest BCUT2D eigenvalue weighted by Crippen LogP contribution is -2.00. The van der Waals surface area contributed by atoms with E-state index < -0.39 is 0 Å². The largest absolute Gasteiger partial charge is 0.456 e. The molecule has 0 amide bonds. The van der Waals surface area contributed by atoms with Gasteiger partial charge in [-0.1, -0.05) is 140 Å². The summed E-state index contributed by atoms with van der Waals surface area (Å²) in [6.45, 7) is 0. The zero-order valence-electron chi connectivity index (χ0n) is 37.3. The molecule has 326 valence electrons. The van der Waals surface area contributed by atoms with Gasteiger partial charge in [-0.05, 0) is 101 Å². The molecule has 10 aromatic carbocycles. The maximum atomic E-state index is 6.57. The second-order valence-electron chi connectivity index (χ2n) is 17.9. The van der Waals surface area contributed by atoms with Gasteiger partial charge in [0.15, 0.2) is 17.5 Å². The second-order valence-corrected chi connectivity index (χ2v) is 20.1. The van der Waals surface area contributed by atoms with Gasteiger partial charge in [0.1, 0.15) is 11.2 Å². The van der Waals surface area contributed by atoms with Crippen LogP contribution in [0.15, 0.2) is 223 Å². The van der Waals surface area contributed by atoms with E-state index in [-0.39, 0.29) is 0 Å². The lowest BCUT2D eigenvalue weighted by atomic mass is 9.98. The highest BCUT2D eigenvalue weighted by atomic mass is 32.1. The van der Waals surface area contributed by atoms with Gasteiger partial charge < -0.3 is 8.98 Å². The van der Waals surface area contributed by atoms with E-state index in [4.69, 9.17) is 19.4 Å². The number of benzene rings is 10. The van der Waals surface area contributed by atoms with Crippen molar-refractivity contribution < 1.29 is 4.42 Å². The summed E-state index contributed by atoms with van der Waals surface area (Å²) in [5.41, 5.74) is 12.6. The number of aromatic nitrogens is 4. The Bertz CT molecular complexity index is 4600. The second kappa shape index (κ2) is 15.4. The number of para-hydroxylation sites is 2. The smallest absolute Gasteiger partial charge is 0.164 e. The van der Waals surface area contributed by atoms with Crippen molar-refractivity contribution in [3.8, 4) is 62.1 Å². The molecule has 0 radical (unpaired) electrons. The minimum atomic E-state index is 0.600. The van der Waals surface area contributed by atoms with Crippen LogP contribution in [0.3, 0.4) is 0 Å². The first-order chi connectivity index (χ1) is 34.6. The molecule has 0 unspecified atom stereocenters. The quantitative estimate of drug-likeness (QED) is 0.167. The van der Waals surface area contributed by atoms with Crippen molar-refractivity contribution in [1.82, 2.24) is 19.5 Å². The Morgan fingerprint density at radius 1 is 0.314 bits per heavy atom. The Morgan fingerprint density at radius 2 is 0.871 bits per heavy atom. The van der Waals surface area contributed by atoms with Crippen LogP contribution in [-0.2, 0) is 0 Å². The van der Waals surface area contributed by atoms with E-state index in [0.29, 0.717) is 17.5 Å². The molecule has 0 saturated carbocycles. The Balaban J connectivity index is 0.823. The van der Waals surface area contributed by atoms with Crippen LogP contribution in [-0.4, -0.2) is 19.5 Å². The molecule has 5 aromatic heterocycles. The molecule has 0 atom stereocenters. The molecule has 7 heteroatoms. The molecule has 0 fully saturated rings. The number of hydrogen-bond acceptors (Lipinski definition) is 6. The van der Waals surface area contributed by atoms with Crippen LogP contribution >= 0.6 is 22.7 Å². The fourth-order valence-electron chi connectivity index (χ4n) is 10.5. The van der Waals surface area contributed by atoms with E-state index in [1.165, 1.54) is 79.0 Å². The predicted octanol–water partition coefficient (Wildman–Crippen LogP) is 17.9. The molecule has 5 heterocycles. The molecule has 0 saturated heterocycles. The van der Waals surface area contributed by atoms with Crippen LogP contribution < -0.4 is 0 Å². The third-order valence-electron chi connectivity index (χ3n) is 13.9. The topological polar surface area (TPSA) is 56.7 Å². The highest BCUT2D eigenvalue weighted by Crippen LogP contribution is 2.43. The minimum absolute atomic E-state index is 0.600. The summed E-state index contributed by atoms with van der Waals surface area (Å²) in [4.78, 5) is 15.5. The normalized spacial score (nSPS) is 12.0. The van der Waals surface area contributed by atoms with Crippen molar-refractivity contribution in [3.63, 3.8) is 0 Å². The number of nitrogens with zero attached hydrogens (tertiary/aromatic N) is 4. The van der Waals surface area contributed by atoms with Gasteiger partial charge in [-0.3, -0.25) is 0 Å². The summed E-state index contributed by atoms with van der Waals surface area (Å²) in [6, 6.07) is 78.0. The highest BCUT2D eigenvalue weighted by Gasteiger charge is 2.20. The number of furan rings is 1. The molecule has 5 nitrogen and oxygen atoms in total. The SMILES string of the molecule is c1ccc(-c2nc(-c3ccc4c(c3)sc3ccccc34)nc(-c3cccc4oc5ccc(-c6ccc7sc8cc(-c9ccc%10c(c9)c9ccccc9n%10-c9ccccc9)ccc8c7c6)cc5c34)n2)cc1. The minimum Gasteiger partial charge on any atom is -0.456 e. The van der Waals surface area contributed by atoms with E-state index in [0.717, 1.165) is 49.8 Å². The number of hydrogen-bond donors (Lipinski definition) is 0. The predicted molar refractivity (Wildman–Crippen MR) is 294 cm³/mol. The van der Waals surface area contributed by atoms with Crippen LogP contribution in [0, 0.1) is 0 Å². The standard InChI is InChI=1S/C63H36N4OS2/c1-3-12-37(13-4-1)61-64-62(42-23-28-46-45-17-8-10-21-56(45)69-59(46)36-42)66-63(65-61)48-18-11-20-55-60(48)51-34-39(25-30-54(51)68-55)40-26-31-57-50(33-40)47-27-22-41(35-58(47)70-57)38-24-29-53-49(32-38)44-16-7-9-19-52(44)67(53)43-14-5-2-6-15-43/h1-36H. The lowest BCUT2D eigenvalue weighted by molar-refractivity contribution is 0.669. The summed E-state index contributed by atoms with van der Waals surface area (Å²) in [7, 11) is 0. The molecular formula is C63H36N4OS2. The zero-order valence-corrected chi connectivity index (χ0v) is 38.9. The molecule has 70 heavy (non-hydrogen) atoms. The molecule has 15 rings (SSSR count). The van der Waals surface area contributed by atoms with E-state index in [1.54, 1.807) is 11.3 Å². The van der Waals surface area contributed by atoms with Gasteiger partial charge in [-0.25, -0.2) is 15.0 Å². The van der Waals surface area contributed by atoms with Gasteiger partial charge in [-0.2, -0.15) is 0 Å². The zero-order chi connectivity index (χ0) is 45.9. The summed E-state index contributed by atoms with van der Waals surface area (Å²) in [6.07, 6.45) is 0. The monoisotopic (exact) mass is 928 g/mol. The van der Waals surface area contributed by atoms with E-state index in [9.17, 15) is 0 Å². The Hall–Kier alpha value is -8.75. The molecule has 0 aliphatic carbocycles. The fourth-order valence-corrected chi connectivity index (χ4v) is 12.8. The average molecular weight is 929 g/mol. The first kappa shape index (κ1) is 39.3. The third kappa shape index (κ3) is 6.19. The van der Waals surface area contributed by atoms with E-state index in [2.05, 4.69) is 193 Å². The van der Waals surface area contributed by atoms with Gasteiger partial charge in [0.25, 0.3) is 0 Å². The molecule has 0 aliphatic heterocycles. The Labute approximate surface area is 408 Å². The highest BCUT2D eigenvalue weighted by molar-refractivity contribution is 7.26. The molecule has 0 bridgehead atoms. The fraction of sp³-hybridized carbons (Fsp3) is 0. The van der Waals surface area contributed by atoms with Crippen LogP contribution in [0.5, 0.6) is 0 Å². The van der Waals surface area contributed by atoms with Gasteiger partial charge in [0, 0.05) is 84.3 Å². The molecule has 15 aromatic rings.